The molecule has 7 heteroatoms. The van der Waals surface area contributed by atoms with Crippen LogP contribution in [0, 0.1) is 13.8 Å². The molecule has 0 aliphatic carbocycles. The molecule has 1 aromatic rings. The van der Waals surface area contributed by atoms with E-state index in [2.05, 4.69) is 17.2 Å². The number of aromatic nitrogens is 1. The standard InChI is InChI=1S/C12H23N3O2S2/c1-5-15(19(4,16)17)8-6-7-13-9-12-14-10(2)11(3)18-12/h13H,5-9H2,1-4H3. The van der Waals surface area contributed by atoms with Gasteiger partial charge in [0.05, 0.1) is 11.9 Å². The van der Waals surface area contributed by atoms with Crippen LogP contribution in [0.2, 0.25) is 0 Å². The Labute approximate surface area is 120 Å². The summed E-state index contributed by atoms with van der Waals surface area (Å²) in [4.78, 5) is 5.70. The maximum atomic E-state index is 11.4. The van der Waals surface area contributed by atoms with Gasteiger partial charge in [-0.05, 0) is 26.8 Å². The molecule has 0 spiro atoms. The molecule has 0 aliphatic rings. The molecule has 0 unspecified atom stereocenters. The van der Waals surface area contributed by atoms with Gasteiger partial charge < -0.3 is 5.32 Å². The van der Waals surface area contributed by atoms with Crippen molar-refractivity contribution in [1.82, 2.24) is 14.6 Å². The second kappa shape index (κ2) is 7.33. The zero-order chi connectivity index (χ0) is 14.5. The molecule has 0 saturated carbocycles. The highest BCUT2D eigenvalue weighted by atomic mass is 32.2. The minimum absolute atomic E-state index is 0.531. The van der Waals surface area contributed by atoms with E-state index < -0.39 is 10.0 Å². The lowest BCUT2D eigenvalue weighted by molar-refractivity contribution is 0.419. The Kier molecular flexibility index (Phi) is 6.38. The van der Waals surface area contributed by atoms with Crippen LogP contribution < -0.4 is 5.32 Å². The largest absolute Gasteiger partial charge is 0.310 e. The smallest absolute Gasteiger partial charge is 0.211 e. The maximum Gasteiger partial charge on any atom is 0.211 e. The van der Waals surface area contributed by atoms with Crippen molar-refractivity contribution in [3.8, 4) is 0 Å². The number of thiazole rings is 1. The van der Waals surface area contributed by atoms with Crippen molar-refractivity contribution in [2.75, 3.05) is 25.9 Å². The first-order chi connectivity index (χ1) is 8.84. The molecule has 0 atom stereocenters. The molecule has 1 rings (SSSR count). The first-order valence-corrected chi connectivity index (χ1v) is 9.09. The SMILES string of the molecule is CCN(CCCNCc1nc(C)c(C)s1)S(C)(=O)=O. The molecule has 110 valence electrons. The number of nitrogens with one attached hydrogen (secondary N) is 1. The van der Waals surface area contributed by atoms with Crippen LogP contribution in [0.15, 0.2) is 0 Å². The van der Waals surface area contributed by atoms with Gasteiger partial charge in [0.15, 0.2) is 0 Å². The van der Waals surface area contributed by atoms with Crippen LogP contribution in [-0.4, -0.2) is 43.6 Å². The summed E-state index contributed by atoms with van der Waals surface area (Å²) in [6.45, 7) is 8.59. The van der Waals surface area contributed by atoms with Crippen molar-refractivity contribution in [2.45, 2.75) is 33.7 Å². The Hall–Kier alpha value is -0.500. The molecule has 0 aliphatic heterocycles. The summed E-state index contributed by atoms with van der Waals surface area (Å²) in [5, 5.41) is 4.39. The molecule has 0 aromatic carbocycles. The van der Waals surface area contributed by atoms with Crippen molar-refractivity contribution >= 4 is 21.4 Å². The molecule has 0 amide bonds. The number of sulfonamides is 1. The van der Waals surface area contributed by atoms with E-state index in [1.54, 1.807) is 11.3 Å². The Morgan fingerprint density at radius 2 is 2.05 bits per heavy atom. The predicted molar refractivity (Wildman–Crippen MR) is 80.0 cm³/mol. The van der Waals surface area contributed by atoms with E-state index >= 15 is 0 Å². The summed E-state index contributed by atoms with van der Waals surface area (Å²) in [6, 6.07) is 0. The third-order valence-electron chi connectivity index (χ3n) is 2.93. The van der Waals surface area contributed by atoms with Gasteiger partial charge >= 0.3 is 0 Å². The summed E-state index contributed by atoms with van der Waals surface area (Å²) in [6.07, 6.45) is 2.06. The van der Waals surface area contributed by atoms with Crippen LogP contribution in [0.1, 0.15) is 28.9 Å². The molecule has 0 saturated heterocycles. The second-order valence-corrected chi connectivity index (χ2v) is 7.80. The molecule has 1 heterocycles. The molecule has 0 bridgehead atoms. The minimum atomic E-state index is -3.06. The van der Waals surface area contributed by atoms with Crippen LogP contribution >= 0.6 is 11.3 Å². The topological polar surface area (TPSA) is 62.3 Å². The fraction of sp³-hybridized carbons (Fsp3) is 0.750. The predicted octanol–water partition coefficient (Wildman–Crippen LogP) is 1.52. The van der Waals surface area contributed by atoms with E-state index in [9.17, 15) is 8.42 Å². The van der Waals surface area contributed by atoms with Crippen molar-refractivity contribution in [1.29, 1.82) is 0 Å². The fourth-order valence-electron chi connectivity index (χ4n) is 1.75. The minimum Gasteiger partial charge on any atom is -0.310 e. The van der Waals surface area contributed by atoms with E-state index in [0.29, 0.717) is 13.1 Å². The summed E-state index contributed by atoms with van der Waals surface area (Å²) in [7, 11) is -3.06. The summed E-state index contributed by atoms with van der Waals surface area (Å²) in [5.41, 5.74) is 1.09. The van der Waals surface area contributed by atoms with Crippen LogP contribution in [0.25, 0.3) is 0 Å². The highest BCUT2D eigenvalue weighted by Gasteiger charge is 2.13. The summed E-state index contributed by atoms with van der Waals surface area (Å²) < 4.78 is 24.3. The first-order valence-electron chi connectivity index (χ1n) is 6.43. The van der Waals surface area contributed by atoms with Crippen LogP contribution in [0.5, 0.6) is 0 Å². The number of hydrogen-bond donors (Lipinski definition) is 1. The first kappa shape index (κ1) is 16.6. The van der Waals surface area contributed by atoms with Crippen molar-refractivity contribution in [2.24, 2.45) is 0 Å². The van der Waals surface area contributed by atoms with Crippen LogP contribution in [-0.2, 0) is 16.6 Å². The summed E-state index contributed by atoms with van der Waals surface area (Å²) in [5.74, 6) is 0. The van der Waals surface area contributed by atoms with Gasteiger partial charge in [0.1, 0.15) is 5.01 Å². The van der Waals surface area contributed by atoms with Gasteiger partial charge in [-0.25, -0.2) is 17.7 Å². The second-order valence-electron chi connectivity index (χ2n) is 4.53. The Balaban J connectivity index is 2.24. The lowest BCUT2D eigenvalue weighted by Gasteiger charge is -2.17. The average molecular weight is 305 g/mol. The molecule has 5 nitrogen and oxygen atoms in total. The number of nitrogens with zero attached hydrogens (tertiary/aromatic N) is 2. The average Bonchev–Trinajstić information content (AvgIpc) is 2.61. The van der Waals surface area contributed by atoms with E-state index in [1.807, 2.05) is 13.8 Å². The van der Waals surface area contributed by atoms with Gasteiger partial charge in [0.2, 0.25) is 10.0 Å². The third kappa shape index (κ3) is 5.56. The maximum absolute atomic E-state index is 11.4. The number of rotatable bonds is 8. The van der Waals surface area contributed by atoms with Gasteiger partial charge in [-0.15, -0.1) is 11.3 Å². The van der Waals surface area contributed by atoms with Gasteiger partial charge in [-0.3, -0.25) is 0 Å². The number of aryl methyl sites for hydroxylation is 2. The van der Waals surface area contributed by atoms with Gasteiger partial charge in [-0.1, -0.05) is 6.92 Å². The monoisotopic (exact) mass is 305 g/mol. The molecule has 0 fully saturated rings. The summed E-state index contributed by atoms with van der Waals surface area (Å²) >= 11 is 1.71. The Bertz CT molecular complexity index is 478. The molecule has 0 radical (unpaired) electrons. The van der Waals surface area contributed by atoms with E-state index in [0.717, 1.165) is 30.2 Å². The number of hydrogen-bond acceptors (Lipinski definition) is 5. The zero-order valence-corrected chi connectivity index (χ0v) is 13.7. The molecule has 1 aromatic heterocycles. The quantitative estimate of drug-likeness (QED) is 0.740. The highest BCUT2D eigenvalue weighted by molar-refractivity contribution is 7.88. The van der Waals surface area contributed by atoms with Gasteiger partial charge in [-0.2, -0.15) is 0 Å². The lowest BCUT2D eigenvalue weighted by Crippen LogP contribution is -2.32. The van der Waals surface area contributed by atoms with Gasteiger partial charge in [0.25, 0.3) is 0 Å². The van der Waals surface area contributed by atoms with Gasteiger partial charge in [0, 0.05) is 24.5 Å². The fourth-order valence-corrected chi connectivity index (χ4v) is 3.58. The Morgan fingerprint density at radius 3 is 2.53 bits per heavy atom. The lowest BCUT2D eigenvalue weighted by atomic mass is 10.4. The van der Waals surface area contributed by atoms with Crippen LogP contribution in [0.4, 0.5) is 0 Å². The van der Waals surface area contributed by atoms with Crippen molar-refractivity contribution in [3.63, 3.8) is 0 Å². The Morgan fingerprint density at radius 1 is 1.37 bits per heavy atom. The molecule has 19 heavy (non-hydrogen) atoms. The third-order valence-corrected chi connectivity index (χ3v) is 5.38. The van der Waals surface area contributed by atoms with E-state index in [1.165, 1.54) is 15.4 Å². The zero-order valence-electron chi connectivity index (χ0n) is 12.1. The molecular weight excluding hydrogens is 282 g/mol. The van der Waals surface area contributed by atoms with E-state index in [4.69, 9.17) is 0 Å². The highest BCUT2D eigenvalue weighted by Crippen LogP contribution is 2.15. The van der Waals surface area contributed by atoms with Crippen LogP contribution in [0.3, 0.4) is 0 Å². The molecule has 1 N–H and O–H groups in total. The van der Waals surface area contributed by atoms with Crippen molar-refractivity contribution < 1.29 is 8.42 Å². The normalized spacial score (nSPS) is 12.3. The van der Waals surface area contributed by atoms with Crippen molar-refractivity contribution in [3.05, 3.63) is 15.6 Å². The van der Waals surface area contributed by atoms with E-state index in [-0.39, 0.29) is 0 Å². The molecular formula is C12H23N3O2S2.